The first kappa shape index (κ1) is 30.1. The Morgan fingerprint density at radius 1 is 1.04 bits per heavy atom. The van der Waals surface area contributed by atoms with E-state index in [1.165, 1.54) is 10.9 Å². The highest BCUT2D eigenvalue weighted by Gasteiger charge is 2.53. The maximum absolute atomic E-state index is 14.0. The Bertz CT molecular complexity index is 1840. The Morgan fingerprint density at radius 3 is 2.18 bits per heavy atom. The van der Waals surface area contributed by atoms with Gasteiger partial charge in [-0.15, -0.1) is 6.42 Å². The van der Waals surface area contributed by atoms with Gasteiger partial charge in [0.25, 0.3) is 11.4 Å². The first-order valence-electron chi connectivity index (χ1n) is 12.5. The fourth-order valence-electron chi connectivity index (χ4n) is 4.27. The molecule has 0 spiro atoms. The number of ether oxygens (including phenoxy) is 5. The second-order valence-electron chi connectivity index (χ2n) is 9.15. The summed E-state index contributed by atoms with van der Waals surface area (Å²) in [5.41, 5.74) is 3.22. The van der Waals surface area contributed by atoms with E-state index in [-0.39, 0.29) is 46.3 Å². The molecule has 2 aromatic heterocycles. The number of nitrogens with two attached hydrogens (primary N) is 1. The second kappa shape index (κ2) is 12.1. The molecule has 230 valence electrons. The van der Waals surface area contributed by atoms with Gasteiger partial charge < -0.3 is 29.4 Å². The smallest absolute Gasteiger partial charge is 0.430 e. The first-order chi connectivity index (χ1) is 21.5. The van der Waals surface area contributed by atoms with Gasteiger partial charge in [-0.25, -0.2) is 14.6 Å². The van der Waals surface area contributed by atoms with Crippen molar-refractivity contribution in [2.75, 3.05) is 12.3 Å². The van der Waals surface area contributed by atoms with Crippen LogP contribution in [-0.2, 0) is 14.2 Å². The maximum atomic E-state index is 14.0. The lowest BCUT2D eigenvalue weighted by molar-refractivity contribution is -0.385. The highest BCUT2D eigenvalue weighted by Crippen LogP contribution is 2.40. The molecule has 0 radical (unpaired) electrons. The summed E-state index contributed by atoms with van der Waals surface area (Å²) in [5.74, 6) is 1.87. The molecule has 3 atom stereocenters. The number of non-ortho nitro benzene ring substituents is 2. The van der Waals surface area contributed by atoms with E-state index in [9.17, 15) is 34.2 Å². The van der Waals surface area contributed by atoms with E-state index in [2.05, 4.69) is 20.9 Å². The van der Waals surface area contributed by atoms with Crippen LogP contribution in [0.3, 0.4) is 0 Å². The van der Waals surface area contributed by atoms with Crippen molar-refractivity contribution in [2.24, 2.45) is 0 Å². The number of imidazole rings is 1. The van der Waals surface area contributed by atoms with Gasteiger partial charge in [0.15, 0.2) is 23.1 Å². The molecule has 1 unspecified atom stereocenters. The molecule has 3 heterocycles. The Labute approximate surface area is 249 Å². The van der Waals surface area contributed by atoms with Gasteiger partial charge in [-0.3, -0.25) is 24.8 Å². The molecule has 1 saturated heterocycles. The molecule has 0 aliphatic carbocycles. The predicted octanol–water partition coefficient (Wildman–Crippen LogP) is 3.45. The van der Waals surface area contributed by atoms with Crippen LogP contribution in [0.2, 0.25) is 0 Å². The van der Waals surface area contributed by atoms with Crippen LogP contribution >= 0.6 is 0 Å². The Kier molecular flexibility index (Phi) is 8.05. The summed E-state index contributed by atoms with van der Waals surface area (Å²) in [5, 5.41) is 21.7. The number of nitrogen functional groups attached to an aromatic ring is 1. The van der Waals surface area contributed by atoms with Gasteiger partial charge in [0.05, 0.1) is 16.2 Å². The molecule has 0 amide bonds. The van der Waals surface area contributed by atoms with E-state index in [4.69, 9.17) is 35.8 Å². The molecular weight excluding hydrogens is 605 g/mol. The molecule has 1 aliphatic rings. The lowest BCUT2D eigenvalue weighted by atomic mass is 9.98. The first-order valence-corrected chi connectivity index (χ1v) is 12.5. The number of carbonyl (C=O) groups is 2. The summed E-state index contributed by atoms with van der Waals surface area (Å²) in [6.07, 6.45) is 0.536. The molecule has 19 heteroatoms. The number of nitro benzene ring substituents is 2. The van der Waals surface area contributed by atoms with Gasteiger partial charge in [0.1, 0.15) is 24.3 Å². The molecule has 2 aromatic carbocycles. The van der Waals surface area contributed by atoms with Crippen molar-refractivity contribution in [3.8, 4) is 23.8 Å². The van der Waals surface area contributed by atoms with E-state index in [0.717, 1.165) is 48.5 Å². The van der Waals surface area contributed by atoms with Crippen LogP contribution in [0.25, 0.3) is 11.2 Å². The number of nitrogens with zero attached hydrogens (tertiary/aromatic N) is 6. The number of hydrogen-bond donors (Lipinski definition) is 1. The number of aromatic nitrogens is 4. The minimum Gasteiger partial charge on any atom is -0.430 e. The average Bonchev–Trinajstić information content (AvgIpc) is 3.58. The summed E-state index contributed by atoms with van der Waals surface area (Å²) in [7, 11) is 0. The van der Waals surface area contributed by atoms with Crippen LogP contribution in [0.4, 0.5) is 31.2 Å². The van der Waals surface area contributed by atoms with Crippen LogP contribution in [0.1, 0.15) is 12.6 Å². The fraction of sp³-hybridized carbons (Fsp3) is 0.192. The van der Waals surface area contributed by atoms with Crippen LogP contribution in [-0.4, -0.2) is 60.0 Å². The topological polar surface area (TPSA) is 236 Å². The van der Waals surface area contributed by atoms with Gasteiger partial charge in [0, 0.05) is 30.7 Å². The number of terminal acetylenes is 1. The molecule has 1 aliphatic heterocycles. The predicted molar refractivity (Wildman–Crippen MR) is 145 cm³/mol. The average molecular weight is 623 g/mol. The van der Waals surface area contributed by atoms with Gasteiger partial charge in [-0.05, 0) is 24.3 Å². The molecule has 45 heavy (non-hydrogen) atoms. The van der Waals surface area contributed by atoms with Crippen molar-refractivity contribution < 1.29 is 47.5 Å². The largest absolute Gasteiger partial charge is 0.514 e. The summed E-state index contributed by atoms with van der Waals surface area (Å²) in [6.45, 7) is -0.751. The third-order valence-corrected chi connectivity index (χ3v) is 6.40. The quantitative estimate of drug-likeness (QED) is 0.0738. The SMILES string of the molecule is C#C[C@]1(COC(=O)Oc2ccc([N+](=O)[O-])cc2)O[C@@H](n2cnc3c(N)nc(F)nc32)CC1OC(=O)Oc1ccc([N+](=O)[O-])cc1. The van der Waals surface area contributed by atoms with Gasteiger partial charge in [-0.2, -0.15) is 14.4 Å². The van der Waals surface area contributed by atoms with Crippen LogP contribution < -0.4 is 15.2 Å². The number of halogens is 1. The van der Waals surface area contributed by atoms with Crippen LogP contribution in [0, 0.1) is 38.7 Å². The molecule has 0 saturated carbocycles. The monoisotopic (exact) mass is 623 g/mol. The van der Waals surface area contributed by atoms with Crippen molar-refractivity contribution >= 4 is 40.7 Å². The van der Waals surface area contributed by atoms with E-state index in [0.29, 0.717) is 0 Å². The van der Waals surface area contributed by atoms with E-state index in [1.54, 1.807) is 0 Å². The van der Waals surface area contributed by atoms with E-state index >= 15 is 0 Å². The minimum atomic E-state index is -1.98. The van der Waals surface area contributed by atoms with Gasteiger partial charge in [-0.1, -0.05) is 5.92 Å². The van der Waals surface area contributed by atoms with Crippen molar-refractivity contribution in [2.45, 2.75) is 24.4 Å². The second-order valence-corrected chi connectivity index (χ2v) is 9.15. The number of fused-ring (bicyclic) bond motifs is 1. The third kappa shape index (κ3) is 6.35. The van der Waals surface area contributed by atoms with E-state index in [1.807, 2.05) is 0 Å². The Morgan fingerprint density at radius 2 is 1.62 bits per heavy atom. The number of anilines is 1. The normalized spacial score (nSPS) is 18.9. The number of carbonyl (C=O) groups excluding carboxylic acids is 2. The fourth-order valence-corrected chi connectivity index (χ4v) is 4.27. The molecule has 2 N–H and O–H groups in total. The lowest BCUT2D eigenvalue weighted by Crippen LogP contribution is -2.46. The highest BCUT2D eigenvalue weighted by atomic mass is 19.1. The van der Waals surface area contributed by atoms with Crippen molar-refractivity contribution in [1.29, 1.82) is 0 Å². The number of rotatable bonds is 8. The molecule has 1 fully saturated rings. The standard InChI is InChI=1S/C26H18FN7O11/c1-2-26(12-41-24(35)42-16-7-3-14(4-8-16)33(37)38)18(44-25(36)43-17-9-5-15(6-10-17)34(39)40)11-19(45-26)32-13-29-20-21(28)30-23(27)31-22(20)32/h1,3-10,13,18-19H,11-12H2,(H2,28,30,31)/t18?,19-,26-/m1/s1. The van der Waals surface area contributed by atoms with Crippen molar-refractivity contribution in [3.63, 3.8) is 0 Å². The Hall–Kier alpha value is -6.42. The zero-order valence-electron chi connectivity index (χ0n) is 22.5. The molecule has 4 aromatic rings. The number of nitro groups is 2. The lowest BCUT2D eigenvalue weighted by Gasteiger charge is -2.27. The molecular formula is C26H18FN7O11. The minimum absolute atomic E-state index is 0.0381. The molecule has 18 nitrogen and oxygen atoms in total. The number of benzene rings is 2. The summed E-state index contributed by atoms with van der Waals surface area (Å²) in [6, 6.07) is 9.06. The molecule has 0 bridgehead atoms. The number of hydrogen-bond acceptors (Lipinski definition) is 15. The molecule has 5 rings (SSSR count). The summed E-state index contributed by atoms with van der Waals surface area (Å²) in [4.78, 5) is 56.9. The van der Waals surface area contributed by atoms with Crippen LogP contribution in [0.15, 0.2) is 54.9 Å². The van der Waals surface area contributed by atoms with E-state index < -0.39 is 52.8 Å². The zero-order chi connectivity index (χ0) is 32.3. The highest BCUT2D eigenvalue weighted by molar-refractivity contribution is 5.81. The maximum Gasteiger partial charge on any atom is 0.514 e. The summed E-state index contributed by atoms with van der Waals surface area (Å²) < 4.78 is 42.0. The van der Waals surface area contributed by atoms with Gasteiger partial charge in [0.2, 0.25) is 5.60 Å². The summed E-state index contributed by atoms with van der Waals surface area (Å²) >= 11 is 0. The third-order valence-electron chi connectivity index (χ3n) is 6.40. The van der Waals surface area contributed by atoms with Gasteiger partial charge >= 0.3 is 18.4 Å². The zero-order valence-corrected chi connectivity index (χ0v) is 22.5. The van der Waals surface area contributed by atoms with Crippen molar-refractivity contribution in [3.05, 3.63) is 81.2 Å². The Balaban J connectivity index is 1.37. The van der Waals surface area contributed by atoms with Crippen molar-refractivity contribution in [1.82, 2.24) is 19.5 Å². The van der Waals surface area contributed by atoms with Crippen LogP contribution in [0.5, 0.6) is 11.5 Å².